The molecule has 0 aromatic heterocycles. The van der Waals surface area contributed by atoms with E-state index in [0.29, 0.717) is 24.1 Å². The maximum atomic E-state index is 12.1. The predicted molar refractivity (Wildman–Crippen MR) is 76.7 cm³/mol. The number of carbonyl (C=O) groups is 1. The molecular formula is C16H17NO. The molecule has 2 N–H and O–H groups in total. The van der Waals surface area contributed by atoms with Gasteiger partial charge in [-0.05, 0) is 36.2 Å². The van der Waals surface area contributed by atoms with Crippen LogP contribution < -0.4 is 5.73 Å². The monoisotopic (exact) mass is 239 g/mol. The first kappa shape index (κ1) is 12.4. The van der Waals surface area contributed by atoms with Crippen molar-refractivity contribution < 1.29 is 4.79 Å². The highest BCUT2D eigenvalue weighted by molar-refractivity contribution is 6.05. The third-order valence-corrected chi connectivity index (χ3v) is 3.00. The highest BCUT2D eigenvalue weighted by Crippen LogP contribution is 2.23. The molecule has 0 saturated carbocycles. The number of rotatable bonds is 4. The molecule has 2 nitrogen and oxygen atoms in total. The fourth-order valence-electron chi connectivity index (χ4n) is 1.96. The van der Waals surface area contributed by atoms with Gasteiger partial charge in [0.2, 0.25) is 0 Å². The number of hydrogen-bond acceptors (Lipinski definition) is 2. The molecule has 0 aliphatic rings. The Morgan fingerprint density at radius 2 is 1.78 bits per heavy atom. The standard InChI is InChI=1S/C16H17NO/c1-11(2)7-8-16(18)14-9-12-5-3-4-6-13(12)10-15(14)17/h3-6,9-10H,1,7-8,17H2,2H3. The van der Waals surface area contributed by atoms with Crippen molar-refractivity contribution >= 4 is 22.2 Å². The Labute approximate surface area is 107 Å². The van der Waals surface area contributed by atoms with Crippen molar-refractivity contribution in [1.82, 2.24) is 0 Å². The highest BCUT2D eigenvalue weighted by Gasteiger charge is 2.10. The van der Waals surface area contributed by atoms with E-state index in [9.17, 15) is 4.79 Å². The second-order valence-electron chi connectivity index (χ2n) is 4.67. The van der Waals surface area contributed by atoms with Crippen LogP contribution in [-0.4, -0.2) is 5.78 Å². The van der Waals surface area contributed by atoms with Gasteiger partial charge in [-0.15, -0.1) is 6.58 Å². The molecule has 0 radical (unpaired) electrons. The van der Waals surface area contributed by atoms with E-state index in [-0.39, 0.29) is 5.78 Å². The van der Waals surface area contributed by atoms with Gasteiger partial charge in [0.15, 0.2) is 5.78 Å². The number of carbonyl (C=O) groups excluding carboxylic acids is 1. The maximum Gasteiger partial charge on any atom is 0.165 e. The molecule has 0 bridgehead atoms. The van der Waals surface area contributed by atoms with Crippen LogP contribution in [0.2, 0.25) is 0 Å². The molecule has 2 heteroatoms. The summed E-state index contributed by atoms with van der Waals surface area (Å²) in [6.07, 6.45) is 1.18. The van der Waals surface area contributed by atoms with Gasteiger partial charge in [0, 0.05) is 17.7 Å². The zero-order chi connectivity index (χ0) is 13.1. The van der Waals surface area contributed by atoms with Crippen molar-refractivity contribution in [1.29, 1.82) is 0 Å². The van der Waals surface area contributed by atoms with Gasteiger partial charge in [-0.25, -0.2) is 0 Å². The summed E-state index contributed by atoms with van der Waals surface area (Å²) >= 11 is 0. The van der Waals surface area contributed by atoms with E-state index >= 15 is 0 Å². The normalized spacial score (nSPS) is 10.5. The van der Waals surface area contributed by atoms with Crippen LogP contribution in [-0.2, 0) is 0 Å². The van der Waals surface area contributed by atoms with Crippen molar-refractivity contribution in [2.24, 2.45) is 0 Å². The van der Waals surface area contributed by atoms with Crippen LogP contribution in [0.1, 0.15) is 30.1 Å². The van der Waals surface area contributed by atoms with Crippen LogP contribution in [0.15, 0.2) is 48.6 Å². The fraction of sp³-hybridized carbons (Fsp3) is 0.188. The van der Waals surface area contributed by atoms with Crippen LogP contribution in [0.3, 0.4) is 0 Å². The zero-order valence-corrected chi connectivity index (χ0v) is 10.6. The summed E-state index contributed by atoms with van der Waals surface area (Å²) in [4.78, 5) is 12.1. The number of allylic oxidation sites excluding steroid dienone is 1. The number of ketones is 1. The second-order valence-corrected chi connectivity index (χ2v) is 4.67. The Morgan fingerprint density at radius 1 is 1.17 bits per heavy atom. The molecule has 0 aliphatic heterocycles. The number of Topliss-reactive ketones (excluding diaryl/α,β-unsaturated/α-hetero) is 1. The van der Waals surface area contributed by atoms with Gasteiger partial charge in [-0.1, -0.05) is 29.8 Å². The van der Waals surface area contributed by atoms with Crippen molar-refractivity contribution in [3.8, 4) is 0 Å². The molecule has 0 spiro atoms. The lowest BCUT2D eigenvalue weighted by molar-refractivity contribution is 0.0984. The van der Waals surface area contributed by atoms with E-state index in [1.807, 2.05) is 43.3 Å². The van der Waals surface area contributed by atoms with Gasteiger partial charge in [0.1, 0.15) is 0 Å². The average Bonchev–Trinajstić information content (AvgIpc) is 2.35. The summed E-state index contributed by atoms with van der Waals surface area (Å²) in [5.41, 5.74) is 8.14. The van der Waals surface area contributed by atoms with Crippen molar-refractivity contribution in [2.45, 2.75) is 19.8 Å². The lowest BCUT2D eigenvalue weighted by atomic mass is 9.99. The largest absolute Gasteiger partial charge is 0.398 e. The average molecular weight is 239 g/mol. The SMILES string of the molecule is C=C(C)CCC(=O)c1cc2ccccc2cc1N. The van der Waals surface area contributed by atoms with Crippen molar-refractivity contribution in [3.63, 3.8) is 0 Å². The minimum Gasteiger partial charge on any atom is -0.398 e. The Bertz CT molecular complexity index is 614. The number of anilines is 1. The van der Waals surface area contributed by atoms with E-state index in [1.165, 1.54) is 0 Å². The number of benzene rings is 2. The van der Waals surface area contributed by atoms with Crippen LogP contribution in [0.25, 0.3) is 10.8 Å². The quantitative estimate of drug-likeness (QED) is 0.498. The summed E-state index contributed by atoms with van der Waals surface area (Å²) in [6, 6.07) is 11.7. The third-order valence-electron chi connectivity index (χ3n) is 3.00. The zero-order valence-electron chi connectivity index (χ0n) is 10.6. The van der Waals surface area contributed by atoms with E-state index in [2.05, 4.69) is 6.58 Å². The molecule has 0 heterocycles. The molecule has 92 valence electrons. The molecule has 2 aromatic carbocycles. The molecule has 0 aliphatic carbocycles. The molecule has 0 fully saturated rings. The highest BCUT2D eigenvalue weighted by atomic mass is 16.1. The minimum absolute atomic E-state index is 0.0845. The smallest absolute Gasteiger partial charge is 0.165 e. The number of nitrogen functional groups attached to an aromatic ring is 1. The van der Waals surface area contributed by atoms with E-state index in [1.54, 1.807) is 0 Å². The summed E-state index contributed by atoms with van der Waals surface area (Å²) in [7, 11) is 0. The van der Waals surface area contributed by atoms with Gasteiger partial charge >= 0.3 is 0 Å². The Balaban J connectivity index is 2.35. The van der Waals surface area contributed by atoms with Gasteiger partial charge in [-0.2, -0.15) is 0 Å². The van der Waals surface area contributed by atoms with Crippen molar-refractivity contribution in [2.75, 3.05) is 5.73 Å². The van der Waals surface area contributed by atoms with Gasteiger partial charge < -0.3 is 5.73 Å². The molecule has 0 amide bonds. The minimum atomic E-state index is 0.0845. The lowest BCUT2D eigenvalue weighted by Crippen LogP contribution is -2.04. The first-order valence-corrected chi connectivity index (χ1v) is 6.04. The Morgan fingerprint density at radius 3 is 2.39 bits per heavy atom. The number of fused-ring (bicyclic) bond motifs is 1. The molecule has 18 heavy (non-hydrogen) atoms. The van der Waals surface area contributed by atoms with Crippen LogP contribution >= 0.6 is 0 Å². The topological polar surface area (TPSA) is 43.1 Å². The molecule has 2 aromatic rings. The number of nitrogens with two attached hydrogens (primary N) is 1. The molecule has 0 unspecified atom stereocenters. The molecule has 2 rings (SSSR count). The summed E-state index contributed by atoms with van der Waals surface area (Å²) in [5, 5.41) is 2.11. The van der Waals surface area contributed by atoms with Crippen LogP contribution in [0.4, 0.5) is 5.69 Å². The van der Waals surface area contributed by atoms with E-state index in [4.69, 9.17) is 5.73 Å². The van der Waals surface area contributed by atoms with Gasteiger partial charge in [0.25, 0.3) is 0 Å². The molecular weight excluding hydrogens is 222 g/mol. The first-order valence-electron chi connectivity index (χ1n) is 6.04. The Kier molecular flexibility index (Phi) is 3.47. The third kappa shape index (κ3) is 2.59. The predicted octanol–water partition coefficient (Wildman–Crippen LogP) is 3.96. The van der Waals surface area contributed by atoms with Gasteiger partial charge in [0.05, 0.1) is 0 Å². The number of hydrogen-bond donors (Lipinski definition) is 1. The second kappa shape index (κ2) is 5.05. The summed E-state index contributed by atoms with van der Waals surface area (Å²) in [5.74, 6) is 0.0845. The van der Waals surface area contributed by atoms with Gasteiger partial charge in [-0.3, -0.25) is 4.79 Å². The Hall–Kier alpha value is -2.09. The molecule has 0 atom stereocenters. The summed E-state index contributed by atoms with van der Waals surface area (Å²) in [6.45, 7) is 5.74. The lowest BCUT2D eigenvalue weighted by Gasteiger charge is -2.07. The first-order chi connectivity index (χ1) is 8.58. The van der Waals surface area contributed by atoms with Crippen LogP contribution in [0, 0.1) is 0 Å². The van der Waals surface area contributed by atoms with E-state index < -0.39 is 0 Å². The van der Waals surface area contributed by atoms with Crippen molar-refractivity contribution in [3.05, 3.63) is 54.1 Å². The molecule has 0 saturated heterocycles. The maximum absolute atomic E-state index is 12.1. The van der Waals surface area contributed by atoms with Crippen LogP contribution in [0.5, 0.6) is 0 Å². The van der Waals surface area contributed by atoms with E-state index in [0.717, 1.165) is 16.3 Å². The summed E-state index contributed by atoms with van der Waals surface area (Å²) < 4.78 is 0. The fourth-order valence-corrected chi connectivity index (χ4v) is 1.96.